The van der Waals surface area contributed by atoms with Crippen LogP contribution in [0, 0.1) is 0 Å². The summed E-state index contributed by atoms with van der Waals surface area (Å²) in [6.45, 7) is 7.54. The normalized spacial score (nSPS) is 13.3. The van der Waals surface area contributed by atoms with Crippen LogP contribution in [0.2, 0.25) is 0 Å². The van der Waals surface area contributed by atoms with E-state index in [1.54, 1.807) is 6.20 Å². The number of fused-ring (bicyclic) bond motifs is 3. The third-order valence-electron chi connectivity index (χ3n) is 5.09. The molecule has 0 saturated heterocycles. The molecule has 0 spiro atoms. The monoisotopic (exact) mass is 416 g/mol. The minimum Gasteiger partial charge on any atom is -0.486 e. The van der Waals surface area contributed by atoms with Gasteiger partial charge in [0.15, 0.2) is 11.5 Å². The Morgan fingerprint density at radius 3 is 2.71 bits per heavy atom. The second kappa shape index (κ2) is 7.50. The molecule has 0 aliphatic carbocycles. The molecule has 2 aromatic carbocycles. The van der Waals surface area contributed by atoms with Gasteiger partial charge in [-0.3, -0.25) is 0 Å². The summed E-state index contributed by atoms with van der Waals surface area (Å²) in [4.78, 5) is 12.4. The van der Waals surface area contributed by atoms with Gasteiger partial charge in [-0.25, -0.2) is 9.97 Å². The van der Waals surface area contributed by atoms with Crippen LogP contribution in [0.3, 0.4) is 0 Å². The molecule has 7 heteroatoms. The highest BCUT2D eigenvalue weighted by Gasteiger charge is 2.21. The fourth-order valence-corrected chi connectivity index (χ4v) is 3.62. The number of hydrogen-bond acceptors (Lipinski definition) is 6. The molecule has 1 aliphatic rings. The Morgan fingerprint density at radius 2 is 1.84 bits per heavy atom. The zero-order chi connectivity index (χ0) is 21.4. The Kier molecular flexibility index (Phi) is 4.66. The van der Waals surface area contributed by atoms with Crippen molar-refractivity contribution in [2.45, 2.75) is 26.2 Å². The van der Waals surface area contributed by atoms with Crippen LogP contribution in [0.15, 0.2) is 54.7 Å². The largest absolute Gasteiger partial charge is 0.486 e. The molecule has 0 unspecified atom stereocenters. The van der Waals surface area contributed by atoms with Gasteiger partial charge in [0.2, 0.25) is 11.8 Å². The van der Waals surface area contributed by atoms with E-state index in [-0.39, 0.29) is 5.41 Å². The van der Waals surface area contributed by atoms with Gasteiger partial charge in [0.05, 0.1) is 5.52 Å². The van der Waals surface area contributed by atoms with Crippen molar-refractivity contribution in [3.8, 4) is 23.1 Å². The van der Waals surface area contributed by atoms with Crippen LogP contribution >= 0.6 is 0 Å². The molecule has 0 atom stereocenters. The van der Waals surface area contributed by atoms with Crippen molar-refractivity contribution in [1.82, 2.24) is 15.0 Å². The second-order valence-electron chi connectivity index (χ2n) is 8.40. The summed E-state index contributed by atoms with van der Waals surface area (Å²) >= 11 is 0. The van der Waals surface area contributed by atoms with Gasteiger partial charge in [0.25, 0.3) is 0 Å². The Morgan fingerprint density at radius 1 is 1.00 bits per heavy atom. The summed E-state index contributed by atoms with van der Waals surface area (Å²) in [5.74, 6) is 3.23. The summed E-state index contributed by atoms with van der Waals surface area (Å²) in [5, 5.41) is 3.30. The van der Waals surface area contributed by atoms with E-state index < -0.39 is 0 Å². The van der Waals surface area contributed by atoms with E-state index in [1.165, 1.54) is 0 Å². The summed E-state index contributed by atoms with van der Waals surface area (Å²) in [7, 11) is 0. The lowest BCUT2D eigenvalue weighted by Gasteiger charge is -2.22. The van der Waals surface area contributed by atoms with E-state index in [0.29, 0.717) is 36.5 Å². The molecule has 0 saturated carbocycles. The molecule has 31 heavy (non-hydrogen) atoms. The molecule has 7 nitrogen and oxygen atoms in total. The minimum atomic E-state index is -0.0567. The first kappa shape index (κ1) is 19.2. The highest BCUT2D eigenvalue weighted by Crippen LogP contribution is 2.39. The highest BCUT2D eigenvalue weighted by molar-refractivity contribution is 5.87. The van der Waals surface area contributed by atoms with E-state index in [9.17, 15) is 0 Å². The van der Waals surface area contributed by atoms with Gasteiger partial charge in [-0.15, -0.1) is 0 Å². The highest BCUT2D eigenvalue weighted by atomic mass is 16.6. The van der Waals surface area contributed by atoms with Crippen molar-refractivity contribution >= 4 is 22.7 Å². The number of ether oxygens (including phenoxy) is 3. The lowest BCUT2D eigenvalue weighted by molar-refractivity contribution is 0.173. The van der Waals surface area contributed by atoms with Crippen molar-refractivity contribution in [3.63, 3.8) is 0 Å². The van der Waals surface area contributed by atoms with Crippen LogP contribution < -0.4 is 19.5 Å². The standard InChI is InChI=1S/C24H24N4O3/c1-24(2,3)15-7-4-5-9-18(15)31-22-17(8-6-12-25-22)27-23-26-16-10-11-19-21(20(16)28-23)30-14-13-29-19/h4-12H,13-14H2,1-3H3,(H2,26,27,28). The Hall–Kier alpha value is -3.74. The molecule has 0 bridgehead atoms. The van der Waals surface area contributed by atoms with E-state index in [4.69, 9.17) is 14.2 Å². The van der Waals surface area contributed by atoms with Crippen molar-refractivity contribution in [1.29, 1.82) is 0 Å². The predicted molar refractivity (Wildman–Crippen MR) is 120 cm³/mol. The lowest BCUT2D eigenvalue weighted by atomic mass is 9.86. The first-order valence-electron chi connectivity index (χ1n) is 10.3. The first-order chi connectivity index (χ1) is 15.0. The van der Waals surface area contributed by atoms with Gasteiger partial charge in [-0.05, 0) is 35.7 Å². The van der Waals surface area contributed by atoms with Crippen molar-refractivity contribution in [2.24, 2.45) is 0 Å². The van der Waals surface area contributed by atoms with Gasteiger partial charge in [0.1, 0.15) is 30.2 Å². The molecule has 0 amide bonds. The SMILES string of the molecule is CC(C)(C)c1ccccc1Oc1ncccc1Nc1nc2ccc3c(c2[nH]1)OCCO3. The number of aromatic amines is 1. The number of benzene rings is 2. The van der Waals surface area contributed by atoms with Gasteiger partial charge < -0.3 is 24.5 Å². The van der Waals surface area contributed by atoms with Gasteiger partial charge in [-0.1, -0.05) is 39.0 Å². The molecular formula is C24H24N4O3. The van der Waals surface area contributed by atoms with Crippen LogP contribution in [0.1, 0.15) is 26.3 Å². The molecular weight excluding hydrogens is 392 g/mol. The number of anilines is 2. The number of hydrogen-bond donors (Lipinski definition) is 2. The smallest absolute Gasteiger partial charge is 0.243 e. The lowest BCUT2D eigenvalue weighted by Crippen LogP contribution is -2.15. The summed E-state index contributed by atoms with van der Waals surface area (Å²) in [6, 6.07) is 15.6. The van der Waals surface area contributed by atoms with Crippen LogP contribution in [-0.4, -0.2) is 28.2 Å². The summed E-state index contributed by atoms with van der Waals surface area (Å²) in [6.07, 6.45) is 1.71. The number of para-hydroxylation sites is 1. The minimum absolute atomic E-state index is 0.0567. The predicted octanol–water partition coefficient (Wildman–Crippen LogP) is 5.56. The zero-order valence-electron chi connectivity index (χ0n) is 17.7. The fourth-order valence-electron chi connectivity index (χ4n) is 3.62. The van der Waals surface area contributed by atoms with E-state index in [2.05, 4.69) is 47.1 Å². The Balaban J connectivity index is 1.47. The van der Waals surface area contributed by atoms with Crippen molar-refractivity contribution in [2.75, 3.05) is 18.5 Å². The Labute approximate surface area is 180 Å². The molecule has 5 rings (SSSR count). The number of nitrogens with one attached hydrogen (secondary N) is 2. The average Bonchev–Trinajstić information content (AvgIpc) is 3.18. The van der Waals surface area contributed by atoms with E-state index in [1.807, 2.05) is 42.5 Å². The number of rotatable bonds is 4. The second-order valence-corrected chi connectivity index (χ2v) is 8.40. The number of aromatic nitrogens is 3. The molecule has 1 aliphatic heterocycles. The molecule has 2 N–H and O–H groups in total. The van der Waals surface area contributed by atoms with E-state index >= 15 is 0 Å². The third kappa shape index (κ3) is 3.74. The number of pyridine rings is 1. The van der Waals surface area contributed by atoms with Crippen molar-refractivity contribution < 1.29 is 14.2 Å². The summed E-state index contributed by atoms with van der Waals surface area (Å²) < 4.78 is 17.7. The zero-order valence-corrected chi connectivity index (χ0v) is 17.7. The maximum atomic E-state index is 6.24. The Bertz CT molecular complexity index is 1240. The molecule has 0 radical (unpaired) electrons. The third-order valence-corrected chi connectivity index (χ3v) is 5.09. The number of nitrogens with zero attached hydrogens (tertiary/aromatic N) is 2. The van der Waals surface area contributed by atoms with Gasteiger partial charge in [0, 0.05) is 11.8 Å². The summed E-state index contributed by atoms with van der Waals surface area (Å²) in [5.41, 5.74) is 3.34. The number of H-pyrrole nitrogens is 1. The number of imidazole rings is 1. The van der Waals surface area contributed by atoms with Crippen LogP contribution in [0.5, 0.6) is 23.1 Å². The quantitative estimate of drug-likeness (QED) is 0.453. The van der Waals surface area contributed by atoms with Crippen LogP contribution in [0.4, 0.5) is 11.6 Å². The molecule has 158 valence electrons. The van der Waals surface area contributed by atoms with Gasteiger partial charge >= 0.3 is 0 Å². The van der Waals surface area contributed by atoms with Crippen LogP contribution in [-0.2, 0) is 5.41 Å². The molecule has 2 aromatic heterocycles. The van der Waals surface area contributed by atoms with E-state index in [0.717, 1.165) is 28.1 Å². The van der Waals surface area contributed by atoms with Gasteiger partial charge in [-0.2, -0.15) is 0 Å². The molecule has 4 aromatic rings. The first-order valence-corrected chi connectivity index (χ1v) is 10.3. The fraction of sp³-hybridized carbons (Fsp3) is 0.250. The average molecular weight is 416 g/mol. The van der Waals surface area contributed by atoms with Crippen molar-refractivity contribution in [3.05, 3.63) is 60.3 Å². The van der Waals surface area contributed by atoms with Crippen LogP contribution in [0.25, 0.3) is 11.0 Å². The maximum absolute atomic E-state index is 6.24. The maximum Gasteiger partial charge on any atom is 0.243 e. The topological polar surface area (TPSA) is 81.3 Å². The molecule has 0 fully saturated rings. The molecule has 3 heterocycles.